The number of carboxylic acid groups (broad SMARTS) is 2. The molecule has 0 saturated carbocycles. The first-order valence-corrected chi connectivity index (χ1v) is 15.0. The highest BCUT2D eigenvalue weighted by molar-refractivity contribution is 7.80. The molecule has 0 aliphatic rings. The molecule has 256 valence electrons. The topological polar surface area (TPSA) is 295 Å². The maximum Gasteiger partial charge on any atom is 0.327 e. The lowest BCUT2D eigenvalue weighted by molar-refractivity contribution is -0.142. The van der Waals surface area contributed by atoms with Gasteiger partial charge in [-0.05, 0) is 26.7 Å². The Hall–Kier alpha value is -3.62. The fourth-order valence-corrected chi connectivity index (χ4v) is 3.95. The van der Waals surface area contributed by atoms with Crippen molar-refractivity contribution in [2.45, 2.75) is 89.4 Å². The molecule has 0 saturated heterocycles. The minimum absolute atomic E-state index is 0.213. The Bertz CT molecular complexity index is 1110. The highest BCUT2D eigenvalue weighted by Gasteiger charge is 2.35. The van der Waals surface area contributed by atoms with Gasteiger partial charge >= 0.3 is 11.9 Å². The second-order valence-electron chi connectivity index (χ2n) is 10.5. The van der Waals surface area contributed by atoms with E-state index >= 15 is 0 Å². The van der Waals surface area contributed by atoms with Crippen LogP contribution in [0.25, 0.3) is 0 Å². The van der Waals surface area contributed by atoms with Crippen LogP contribution in [0.5, 0.6) is 0 Å². The maximum absolute atomic E-state index is 13.0. The van der Waals surface area contributed by atoms with Crippen LogP contribution in [0.15, 0.2) is 0 Å². The predicted octanol–water partition coefficient (Wildman–Crippen LogP) is -4.28. The molecule has 6 amide bonds. The van der Waals surface area contributed by atoms with E-state index in [4.69, 9.17) is 10.8 Å². The molecule has 0 aliphatic heterocycles. The summed E-state index contributed by atoms with van der Waals surface area (Å²) < 4.78 is 0. The number of hydrogen-bond acceptors (Lipinski definition) is 12. The Morgan fingerprint density at radius 1 is 0.600 bits per heavy atom. The highest BCUT2D eigenvalue weighted by Crippen LogP contribution is 2.05. The molecule has 0 aromatic carbocycles. The summed E-state index contributed by atoms with van der Waals surface area (Å²) in [4.78, 5) is 98.6. The molecule has 0 aliphatic carbocycles. The lowest BCUT2D eigenvalue weighted by Gasteiger charge is -2.27. The smallest absolute Gasteiger partial charge is 0.327 e. The van der Waals surface area contributed by atoms with Crippen LogP contribution in [0.1, 0.15) is 41.0 Å². The second kappa shape index (κ2) is 19.7. The molecule has 0 aromatic rings. The van der Waals surface area contributed by atoms with E-state index in [1.54, 1.807) is 13.8 Å². The van der Waals surface area contributed by atoms with Crippen molar-refractivity contribution >= 4 is 72.6 Å². The van der Waals surface area contributed by atoms with Crippen molar-refractivity contribution < 1.29 is 53.7 Å². The Morgan fingerprint density at radius 3 is 1.47 bits per heavy atom. The summed E-state index contributed by atoms with van der Waals surface area (Å²) in [6, 6.07) is -9.65. The molecule has 0 spiro atoms. The van der Waals surface area contributed by atoms with Gasteiger partial charge in [0, 0.05) is 11.5 Å². The van der Waals surface area contributed by atoms with Crippen LogP contribution in [-0.4, -0.2) is 123 Å². The average molecular weight is 682 g/mol. The molecule has 0 aromatic heterocycles. The van der Waals surface area contributed by atoms with Crippen molar-refractivity contribution in [2.75, 3.05) is 11.5 Å². The van der Waals surface area contributed by atoms with Crippen molar-refractivity contribution in [2.24, 2.45) is 11.7 Å². The van der Waals surface area contributed by atoms with Crippen molar-refractivity contribution in [3.05, 3.63) is 0 Å². The molecule has 20 heteroatoms. The van der Waals surface area contributed by atoms with Gasteiger partial charge in [0.15, 0.2) is 0 Å². The first kappa shape index (κ1) is 41.4. The number of thiol groups is 2. The van der Waals surface area contributed by atoms with Crippen LogP contribution in [0.3, 0.4) is 0 Å². The molecular formula is C25H43N7O11S2. The fourth-order valence-electron chi connectivity index (χ4n) is 3.44. The van der Waals surface area contributed by atoms with Gasteiger partial charge in [0.2, 0.25) is 35.4 Å². The number of carboxylic acids is 2. The molecule has 11 N–H and O–H groups in total. The molecule has 8 atom stereocenters. The number of amides is 6. The molecule has 0 unspecified atom stereocenters. The molecule has 0 radical (unpaired) electrons. The zero-order chi connectivity index (χ0) is 35.2. The van der Waals surface area contributed by atoms with Crippen LogP contribution in [0.4, 0.5) is 0 Å². The second-order valence-corrected chi connectivity index (χ2v) is 11.2. The zero-order valence-electron chi connectivity index (χ0n) is 25.4. The highest BCUT2D eigenvalue weighted by atomic mass is 32.1. The van der Waals surface area contributed by atoms with Gasteiger partial charge in [-0.1, -0.05) is 13.8 Å². The summed E-state index contributed by atoms with van der Waals surface area (Å²) in [7, 11) is 0. The van der Waals surface area contributed by atoms with Gasteiger partial charge in [0.1, 0.15) is 36.3 Å². The largest absolute Gasteiger partial charge is 0.481 e. The Balaban J connectivity index is 5.67. The summed E-state index contributed by atoms with van der Waals surface area (Å²) >= 11 is 7.84. The maximum atomic E-state index is 13.0. The molecule has 0 fully saturated rings. The Labute approximate surface area is 270 Å². The van der Waals surface area contributed by atoms with Crippen LogP contribution in [0.2, 0.25) is 0 Å². The van der Waals surface area contributed by atoms with Crippen molar-refractivity contribution in [3.63, 3.8) is 0 Å². The van der Waals surface area contributed by atoms with Crippen LogP contribution in [-0.2, 0) is 38.4 Å². The van der Waals surface area contributed by atoms with E-state index in [1.165, 1.54) is 13.8 Å². The molecule has 45 heavy (non-hydrogen) atoms. The number of aliphatic hydroxyl groups is 1. The van der Waals surface area contributed by atoms with E-state index < -0.39 is 108 Å². The van der Waals surface area contributed by atoms with E-state index in [-0.39, 0.29) is 11.5 Å². The quantitative estimate of drug-likeness (QED) is 0.0577. The van der Waals surface area contributed by atoms with E-state index in [0.29, 0.717) is 0 Å². The minimum Gasteiger partial charge on any atom is -0.481 e. The van der Waals surface area contributed by atoms with Gasteiger partial charge in [-0.25, -0.2) is 4.79 Å². The van der Waals surface area contributed by atoms with Gasteiger partial charge in [-0.2, -0.15) is 25.3 Å². The van der Waals surface area contributed by atoms with Crippen molar-refractivity contribution in [1.29, 1.82) is 0 Å². The molecule has 0 bridgehead atoms. The summed E-state index contributed by atoms with van der Waals surface area (Å²) in [5.41, 5.74) is 5.46. The number of nitrogens with one attached hydrogen (secondary N) is 6. The average Bonchev–Trinajstić information content (AvgIpc) is 2.93. The van der Waals surface area contributed by atoms with E-state index in [9.17, 15) is 48.6 Å². The van der Waals surface area contributed by atoms with E-state index in [2.05, 4.69) is 57.2 Å². The molecule has 18 nitrogen and oxygen atoms in total. The summed E-state index contributed by atoms with van der Waals surface area (Å²) in [5.74, 6) is -9.43. The Kier molecular flexibility index (Phi) is 18.1. The summed E-state index contributed by atoms with van der Waals surface area (Å²) in [6.45, 7) is 6.89. The summed E-state index contributed by atoms with van der Waals surface area (Å²) in [5, 5.41) is 42.1. The zero-order valence-corrected chi connectivity index (χ0v) is 27.2. The third-order valence-corrected chi connectivity index (χ3v) is 6.83. The summed E-state index contributed by atoms with van der Waals surface area (Å²) in [6.07, 6.45) is -2.52. The predicted molar refractivity (Wildman–Crippen MR) is 165 cm³/mol. The number of carbonyl (C=O) groups excluding carboxylic acids is 6. The van der Waals surface area contributed by atoms with Gasteiger partial charge in [0.05, 0.1) is 18.6 Å². The number of hydrogen-bond donors (Lipinski definition) is 12. The third-order valence-electron chi connectivity index (χ3n) is 6.10. The lowest BCUT2D eigenvalue weighted by Crippen LogP contribution is -2.62. The van der Waals surface area contributed by atoms with Gasteiger partial charge in [0.25, 0.3) is 0 Å². The first-order valence-electron chi connectivity index (χ1n) is 13.7. The number of nitrogens with two attached hydrogens (primary N) is 1. The van der Waals surface area contributed by atoms with Crippen molar-refractivity contribution in [3.8, 4) is 0 Å². The van der Waals surface area contributed by atoms with Crippen LogP contribution >= 0.6 is 25.3 Å². The fraction of sp³-hybridized carbons (Fsp3) is 0.680. The van der Waals surface area contributed by atoms with E-state index in [0.717, 1.165) is 6.92 Å². The monoisotopic (exact) mass is 681 g/mol. The van der Waals surface area contributed by atoms with Crippen molar-refractivity contribution in [1.82, 2.24) is 31.9 Å². The molecule has 0 rings (SSSR count). The van der Waals surface area contributed by atoms with Crippen LogP contribution < -0.4 is 37.6 Å². The number of aliphatic hydroxyl groups excluding tert-OH is 1. The van der Waals surface area contributed by atoms with Crippen LogP contribution in [0, 0.1) is 5.92 Å². The number of carbonyl (C=O) groups is 8. The first-order chi connectivity index (χ1) is 20.8. The van der Waals surface area contributed by atoms with Gasteiger partial charge in [-0.3, -0.25) is 33.6 Å². The minimum atomic E-state index is -1.77. The number of rotatable bonds is 19. The van der Waals surface area contributed by atoms with Gasteiger partial charge in [-0.15, -0.1) is 0 Å². The lowest BCUT2D eigenvalue weighted by atomic mass is 10.0. The molecule has 0 heterocycles. The van der Waals surface area contributed by atoms with Gasteiger partial charge < -0.3 is 53.0 Å². The normalized spacial score (nSPS) is 16.3. The molecular weight excluding hydrogens is 638 g/mol. The number of aliphatic carboxylic acids is 2. The Morgan fingerprint density at radius 2 is 1.04 bits per heavy atom. The van der Waals surface area contributed by atoms with E-state index in [1.807, 2.05) is 0 Å². The standard InChI is InChI=1S/C25H43N7O11S2/c1-9(2)17(23(40)30-15(8-45)25(42)43)31-20(37)11(4)27-24(41)18(12(5)33)32-21(38)13(6-16(34)35)28-22(39)14(7-44)29-19(36)10(3)26/h9-15,17-18,33,44-45H,6-8,26H2,1-5H3,(H,27,41)(H,28,39)(H,29,36)(H,30,40)(H,31,37)(H,32,38)(H,34,35)(H,42,43)/t10-,11-,12+,13-,14-,15-,17-,18-/m0/s1. The SMILES string of the molecule is CC(C)[C@H](NC(=O)[C@H](C)NC(=O)[C@@H](NC(=O)[C@H](CC(=O)O)NC(=O)[C@H](CS)NC(=O)[C@H](C)N)[C@@H](C)O)C(=O)N[C@@H](CS)C(=O)O. The third kappa shape index (κ3) is 14.4.